The van der Waals surface area contributed by atoms with Gasteiger partial charge in [0.25, 0.3) is 0 Å². The summed E-state index contributed by atoms with van der Waals surface area (Å²) >= 11 is 6.12. The Kier molecular flexibility index (Phi) is 4.36. The number of nitrogens with one attached hydrogen (secondary N) is 1. The zero-order valence-electron chi connectivity index (χ0n) is 12.3. The van der Waals surface area contributed by atoms with Crippen molar-refractivity contribution >= 4 is 23.1 Å². The number of anilines is 1. The van der Waals surface area contributed by atoms with Crippen LogP contribution in [0.25, 0.3) is 0 Å². The Morgan fingerprint density at radius 2 is 1.81 bits per heavy atom. The van der Waals surface area contributed by atoms with Crippen LogP contribution < -0.4 is 10.6 Å². The molecule has 1 aliphatic carbocycles. The second-order valence-electron chi connectivity index (χ2n) is 6.04. The number of nitrogens with zero attached hydrogens (tertiary/aromatic N) is 2. The van der Waals surface area contributed by atoms with Crippen LogP contribution in [0.15, 0.2) is 18.2 Å². The lowest BCUT2D eigenvalue weighted by molar-refractivity contribution is 0.187. The van der Waals surface area contributed by atoms with E-state index in [2.05, 4.69) is 9.80 Å². The third kappa shape index (κ3) is 3.16. The molecule has 0 bridgehead atoms. The molecular weight excluding hydrogens is 284 g/mol. The molecule has 1 saturated carbocycles. The van der Waals surface area contributed by atoms with E-state index in [1.165, 1.54) is 25.7 Å². The van der Waals surface area contributed by atoms with E-state index in [0.717, 1.165) is 43.5 Å². The van der Waals surface area contributed by atoms with Gasteiger partial charge in [0.05, 0.1) is 0 Å². The SMILES string of the molecule is N=C(N)c1ccc(Cl)cc1N1CCN(C2CCCC2)CC1. The molecule has 0 unspecified atom stereocenters. The van der Waals surface area contributed by atoms with E-state index < -0.39 is 0 Å². The molecule has 0 atom stereocenters. The lowest BCUT2D eigenvalue weighted by atomic mass is 10.1. The fraction of sp³-hybridized carbons (Fsp3) is 0.562. The van der Waals surface area contributed by atoms with E-state index in [1.807, 2.05) is 12.1 Å². The number of hydrogen-bond donors (Lipinski definition) is 2. The van der Waals surface area contributed by atoms with Crippen LogP contribution in [-0.4, -0.2) is 43.0 Å². The maximum Gasteiger partial charge on any atom is 0.124 e. The first-order chi connectivity index (χ1) is 10.1. The number of nitrogens with two attached hydrogens (primary N) is 1. The van der Waals surface area contributed by atoms with Crippen LogP contribution in [0.4, 0.5) is 5.69 Å². The summed E-state index contributed by atoms with van der Waals surface area (Å²) in [7, 11) is 0. The number of hydrogen-bond acceptors (Lipinski definition) is 3. The van der Waals surface area contributed by atoms with Gasteiger partial charge in [0.15, 0.2) is 0 Å². The van der Waals surface area contributed by atoms with E-state index in [-0.39, 0.29) is 5.84 Å². The topological polar surface area (TPSA) is 56.4 Å². The number of nitrogen functional groups attached to an aromatic ring is 1. The summed E-state index contributed by atoms with van der Waals surface area (Å²) in [6, 6.07) is 6.38. The van der Waals surface area contributed by atoms with E-state index in [0.29, 0.717) is 5.02 Å². The van der Waals surface area contributed by atoms with Crippen molar-refractivity contribution in [2.75, 3.05) is 31.1 Å². The first-order valence-corrected chi connectivity index (χ1v) is 8.16. The van der Waals surface area contributed by atoms with Crippen molar-refractivity contribution in [3.8, 4) is 0 Å². The number of amidine groups is 1. The Balaban J connectivity index is 1.71. The average molecular weight is 307 g/mol. The number of piperazine rings is 1. The summed E-state index contributed by atoms with van der Waals surface area (Å²) in [6.07, 6.45) is 5.48. The summed E-state index contributed by atoms with van der Waals surface area (Å²) in [4.78, 5) is 4.94. The van der Waals surface area contributed by atoms with Crippen LogP contribution in [0.2, 0.25) is 5.02 Å². The van der Waals surface area contributed by atoms with Gasteiger partial charge in [0.2, 0.25) is 0 Å². The number of halogens is 1. The maximum atomic E-state index is 7.74. The first kappa shape index (κ1) is 14.7. The van der Waals surface area contributed by atoms with Crippen LogP contribution in [0.1, 0.15) is 31.2 Å². The number of rotatable bonds is 3. The lowest BCUT2D eigenvalue weighted by Gasteiger charge is -2.39. The molecule has 5 heteroatoms. The van der Waals surface area contributed by atoms with Gasteiger partial charge < -0.3 is 10.6 Å². The van der Waals surface area contributed by atoms with Crippen molar-refractivity contribution < 1.29 is 0 Å². The van der Waals surface area contributed by atoms with Crippen LogP contribution in [0, 0.1) is 5.41 Å². The lowest BCUT2D eigenvalue weighted by Crippen LogP contribution is -2.50. The molecule has 2 fully saturated rings. The minimum atomic E-state index is 0.111. The summed E-state index contributed by atoms with van der Waals surface area (Å²) in [5.74, 6) is 0.111. The summed E-state index contributed by atoms with van der Waals surface area (Å²) in [5.41, 5.74) is 7.49. The molecule has 1 heterocycles. The van der Waals surface area contributed by atoms with Gasteiger partial charge in [-0.3, -0.25) is 10.3 Å². The molecule has 1 saturated heterocycles. The monoisotopic (exact) mass is 306 g/mol. The zero-order chi connectivity index (χ0) is 14.8. The van der Waals surface area contributed by atoms with Crippen LogP contribution >= 0.6 is 11.6 Å². The van der Waals surface area contributed by atoms with Gasteiger partial charge in [-0.05, 0) is 31.0 Å². The summed E-state index contributed by atoms with van der Waals surface area (Å²) < 4.78 is 0. The predicted octanol–water partition coefficient (Wildman–Crippen LogP) is 2.69. The average Bonchev–Trinajstić information content (AvgIpc) is 3.01. The van der Waals surface area contributed by atoms with Gasteiger partial charge in [-0.1, -0.05) is 24.4 Å². The van der Waals surface area contributed by atoms with Gasteiger partial charge in [-0.2, -0.15) is 0 Å². The minimum absolute atomic E-state index is 0.111. The van der Waals surface area contributed by atoms with Gasteiger partial charge in [-0.15, -0.1) is 0 Å². The molecule has 0 aromatic heterocycles. The molecule has 0 spiro atoms. The molecule has 114 valence electrons. The van der Waals surface area contributed by atoms with Crippen LogP contribution in [-0.2, 0) is 0 Å². The van der Waals surface area contributed by atoms with E-state index in [4.69, 9.17) is 22.7 Å². The standard InChI is InChI=1S/C16H23ClN4/c17-12-5-6-14(16(18)19)15(11-12)21-9-7-20(8-10-21)13-3-1-2-4-13/h5-6,11,13H,1-4,7-10H2,(H3,18,19). The van der Waals surface area contributed by atoms with E-state index >= 15 is 0 Å². The van der Waals surface area contributed by atoms with Crippen LogP contribution in [0.5, 0.6) is 0 Å². The molecule has 3 N–H and O–H groups in total. The highest BCUT2D eigenvalue weighted by Gasteiger charge is 2.27. The Morgan fingerprint density at radius 1 is 1.14 bits per heavy atom. The molecule has 21 heavy (non-hydrogen) atoms. The van der Waals surface area contributed by atoms with Crippen LogP contribution in [0.3, 0.4) is 0 Å². The summed E-state index contributed by atoms with van der Waals surface area (Å²) in [5, 5.41) is 8.44. The Bertz CT molecular complexity index is 517. The molecule has 0 amide bonds. The fourth-order valence-electron chi connectivity index (χ4n) is 3.59. The van der Waals surface area contributed by atoms with Gasteiger partial charge in [0.1, 0.15) is 5.84 Å². The molecule has 1 aromatic rings. The smallest absolute Gasteiger partial charge is 0.124 e. The third-order valence-corrected chi connectivity index (χ3v) is 4.98. The molecule has 3 rings (SSSR count). The third-order valence-electron chi connectivity index (χ3n) is 4.75. The van der Waals surface area contributed by atoms with Crippen molar-refractivity contribution in [1.82, 2.24) is 4.90 Å². The van der Waals surface area contributed by atoms with Gasteiger partial charge in [0, 0.05) is 48.5 Å². The van der Waals surface area contributed by atoms with E-state index in [9.17, 15) is 0 Å². The zero-order valence-corrected chi connectivity index (χ0v) is 13.1. The van der Waals surface area contributed by atoms with Crippen molar-refractivity contribution in [1.29, 1.82) is 5.41 Å². The molecule has 0 radical (unpaired) electrons. The molecule has 1 aliphatic heterocycles. The normalized spacial score (nSPS) is 20.9. The van der Waals surface area contributed by atoms with E-state index in [1.54, 1.807) is 6.07 Å². The maximum absolute atomic E-state index is 7.74. The molecular formula is C16H23ClN4. The highest BCUT2D eigenvalue weighted by Crippen LogP contribution is 2.28. The molecule has 2 aliphatic rings. The number of benzene rings is 1. The van der Waals surface area contributed by atoms with Crippen molar-refractivity contribution in [3.63, 3.8) is 0 Å². The highest BCUT2D eigenvalue weighted by atomic mass is 35.5. The predicted molar refractivity (Wildman–Crippen MR) is 88.5 cm³/mol. The second kappa shape index (κ2) is 6.24. The Morgan fingerprint density at radius 3 is 2.43 bits per heavy atom. The van der Waals surface area contributed by atoms with Gasteiger partial charge >= 0.3 is 0 Å². The molecule has 4 nitrogen and oxygen atoms in total. The van der Waals surface area contributed by atoms with Gasteiger partial charge in [-0.25, -0.2) is 0 Å². The fourth-order valence-corrected chi connectivity index (χ4v) is 3.76. The van der Waals surface area contributed by atoms with Crippen molar-refractivity contribution in [2.24, 2.45) is 5.73 Å². The quantitative estimate of drug-likeness (QED) is 0.667. The van der Waals surface area contributed by atoms with Crippen molar-refractivity contribution in [2.45, 2.75) is 31.7 Å². The largest absolute Gasteiger partial charge is 0.384 e. The molecule has 1 aromatic carbocycles. The Hall–Kier alpha value is -1.26. The first-order valence-electron chi connectivity index (χ1n) is 7.78. The van der Waals surface area contributed by atoms with Crippen molar-refractivity contribution in [3.05, 3.63) is 28.8 Å². The highest BCUT2D eigenvalue weighted by molar-refractivity contribution is 6.31. The summed E-state index contributed by atoms with van der Waals surface area (Å²) in [6.45, 7) is 4.15. The minimum Gasteiger partial charge on any atom is -0.384 e. The Labute approximate surface area is 131 Å². The second-order valence-corrected chi connectivity index (χ2v) is 6.47.